The molecule has 0 aliphatic heterocycles. The fourth-order valence-electron chi connectivity index (χ4n) is 2.54. The SMILES string of the molecule is CC(CCCBr)NC(=O)C1CCCC(C(F)(F)F)C1. The normalized spacial score (nSPS) is 25.9. The monoisotopic (exact) mass is 343 g/mol. The van der Waals surface area contributed by atoms with Gasteiger partial charge in [-0.15, -0.1) is 0 Å². The predicted molar refractivity (Wildman–Crippen MR) is 72.1 cm³/mol. The average Bonchev–Trinajstić information content (AvgIpc) is 2.35. The fraction of sp³-hybridized carbons (Fsp3) is 0.923. The van der Waals surface area contributed by atoms with E-state index >= 15 is 0 Å². The van der Waals surface area contributed by atoms with Crippen LogP contribution < -0.4 is 5.32 Å². The first-order chi connectivity index (χ1) is 8.84. The average molecular weight is 344 g/mol. The molecule has 2 nitrogen and oxygen atoms in total. The Morgan fingerprint density at radius 2 is 2.11 bits per heavy atom. The zero-order valence-corrected chi connectivity index (χ0v) is 12.7. The van der Waals surface area contributed by atoms with E-state index in [4.69, 9.17) is 0 Å². The molecule has 1 saturated carbocycles. The molecule has 1 fully saturated rings. The minimum atomic E-state index is -4.17. The molecule has 1 N–H and O–H groups in total. The van der Waals surface area contributed by atoms with Crippen LogP contribution in [-0.4, -0.2) is 23.5 Å². The number of hydrogen-bond acceptors (Lipinski definition) is 1. The van der Waals surface area contributed by atoms with Gasteiger partial charge >= 0.3 is 6.18 Å². The third kappa shape index (κ3) is 5.71. The van der Waals surface area contributed by atoms with Crippen LogP contribution in [0.4, 0.5) is 13.2 Å². The molecule has 19 heavy (non-hydrogen) atoms. The van der Waals surface area contributed by atoms with Gasteiger partial charge in [0, 0.05) is 17.3 Å². The van der Waals surface area contributed by atoms with Gasteiger partial charge in [-0.3, -0.25) is 4.79 Å². The summed E-state index contributed by atoms with van der Waals surface area (Å²) < 4.78 is 38.0. The highest BCUT2D eigenvalue weighted by Gasteiger charge is 2.43. The second-order valence-electron chi connectivity index (χ2n) is 5.34. The van der Waals surface area contributed by atoms with E-state index in [1.807, 2.05) is 6.92 Å². The molecule has 0 aromatic heterocycles. The molecule has 0 spiro atoms. The fourth-order valence-corrected chi connectivity index (χ4v) is 2.87. The molecular weight excluding hydrogens is 323 g/mol. The molecule has 3 atom stereocenters. The van der Waals surface area contributed by atoms with Crippen molar-refractivity contribution in [2.75, 3.05) is 5.33 Å². The molecule has 1 rings (SSSR count). The molecule has 0 aromatic rings. The molecule has 0 saturated heterocycles. The van der Waals surface area contributed by atoms with Crippen molar-refractivity contribution >= 4 is 21.8 Å². The third-order valence-electron chi connectivity index (χ3n) is 3.67. The lowest BCUT2D eigenvalue weighted by Gasteiger charge is -2.30. The summed E-state index contributed by atoms with van der Waals surface area (Å²) >= 11 is 3.31. The summed E-state index contributed by atoms with van der Waals surface area (Å²) in [5, 5.41) is 3.70. The number of carbonyl (C=O) groups excluding carboxylic acids is 1. The summed E-state index contributed by atoms with van der Waals surface area (Å²) in [5.41, 5.74) is 0. The molecule has 1 aliphatic carbocycles. The highest BCUT2D eigenvalue weighted by Crippen LogP contribution is 2.39. The highest BCUT2D eigenvalue weighted by molar-refractivity contribution is 9.09. The van der Waals surface area contributed by atoms with Crippen LogP contribution in [0.15, 0.2) is 0 Å². The van der Waals surface area contributed by atoms with Crippen LogP contribution in [0.25, 0.3) is 0 Å². The number of alkyl halides is 4. The molecule has 0 bridgehead atoms. The summed E-state index contributed by atoms with van der Waals surface area (Å²) in [6.45, 7) is 1.89. The summed E-state index contributed by atoms with van der Waals surface area (Å²) in [7, 11) is 0. The van der Waals surface area contributed by atoms with Gasteiger partial charge in [0.25, 0.3) is 0 Å². The predicted octanol–water partition coefficient (Wildman–Crippen LogP) is 4.03. The van der Waals surface area contributed by atoms with Crippen molar-refractivity contribution in [2.45, 2.75) is 57.7 Å². The van der Waals surface area contributed by atoms with Crippen molar-refractivity contribution in [1.29, 1.82) is 0 Å². The third-order valence-corrected chi connectivity index (χ3v) is 4.23. The van der Waals surface area contributed by atoms with Gasteiger partial charge < -0.3 is 5.32 Å². The van der Waals surface area contributed by atoms with Crippen LogP contribution >= 0.6 is 15.9 Å². The van der Waals surface area contributed by atoms with Crippen LogP contribution in [0, 0.1) is 11.8 Å². The van der Waals surface area contributed by atoms with Crippen LogP contribution in [-0.2, 0) is 4.79 Å². The first kappa shape index (κ1) is 16.8. The van der Waals surface area contributed by atoms with Gasteiger partial charge in [0.2, 0.25) is 5.91 Å². The van der Waals surface area contributed by atoms with Crippen LogP contribution in [0.5, 0.6) is 0 Å². The van der Waals surface area contributed by atoms with Crippen molar-refractivity contribution in [2.24, 2.45) is 11.8 Å². The van der Waals surface area contributed by atoms with E-state index in [0.717, 1.165) is 18.2 Å². The number of carbonyl (C=O) groups is 1. The Kier molecular flexibility index (Phi) is 6.63. The molecule has 0 radical (unpaired) electrons. The van der Waals surface area contributed by atoms with E-state index in [9.17, 15) is 18.0 Å². The zero-order chi connectivity index (χ0) is 14.5. The van der Waals surface area contributed by atoms with E-state index in [1.54, 1.807) is 0 Å². The standard InChI is InChI=1S/C13H21BrF3NO/c1-9(4-3-7-14)18-12(19)10-5-2-6-11(8-10)13(15,16)17/h9-11H,2-8H2,1H3,(H,18,19). The lowest BCUT2D eigenvalue weighted by Crippen LogP contribution is -2.41. The quantitative estimate of drug-likeness (QED) is 0.750. The lowest BCUT2D eigenvalue weighted by atomic mass is 9.80. The van der Waals surface area contributed by atoms with E-state index in [1.165, 1.54) is 0 Å². The first-order valence-electron chi connectivity index (χ1n) is 6.77. The van der Waals surface area contributed by atoms with Crippen LogP contribution in [0.3, 0.4) is 0 Å². The highest BCUT2D eigenvalue weighted by atomic mass is 79.9. The topological polar surface area (TPSA) is 29.1 Å². The first-order valence-corrected chi connectivity index (χ1v) is 7.89. The Bertz CT molecular complexity index is 296. The van der Waals surface area contributed by atoms with Gasteiger partial charge in [0.05, 0.1) is 5.92 Å². The minimum absolute atomic E-state index is 0.0244. The molecular formula is C13H21BrF3NO. The van der Waals surface area contributed by atoms with Crippen molar-refractivity contribution in [1.82, 2.24) is 5.32 Å². The second kappa shape index (κ2) is 7.50. The minimum Gasteiger partial charge on any atom is -0.353 e. The Balaban J connectivity index is 2.44. The molecule has 6 heteroatoms. The van der Waals surface area contributed by atoms with Gasteiger partial charge in [-0.2, -0.15) is 13.2 Å². The molecule has 1 aliphatic rings. The van der Waals surface area contributed by atoms with Gasteiger partial charge in [-0.1, -0.05) is 22.4 Å². The molecule has 112 valence electrons. The maximum absolute atomic E-state index is 12.7. The summed E-state index contributed by atoms with van der Waals surface area (Å²) in [6.07, 6.45) is -1.22. The Labute approximate surface area is 120 Å². The second-order valence-corrected chi connectivity index (χ2v) is 6.14. The molecule has 1 amide bonds. The van der Waals surface area contributed by atoms with E-state index in [0.29, 0.717) is 12.8 Å². The largest absolute Gasteiger partial charge is 0.391 e. The molecule has 0 aromatic carbocycles. The molecule has 0 heterocycles. The Morgan fingerprint density at radius 3 is 2.68 bits per heavy atom. The number of nitrogens with one attached hydrogen (secondary N) is 1. The Morgan fingerprint density at radius 1 is 1.42 bits per heavy atom. The maximum atomic E-state index is 12.7. The van der Waals surface area contributed by atoms with Crippen LogP contribution in [0.1, 0.15) is 45.4 Å². The van der Waals surface area contributed by atoms with E-state index in [2.05, 4.69) is 21.2 Å². The van der Waals surface area contributed by atoms with Crippen molar-refractivity contribution in [3.63, 3.8) is 0 Å². The van der Waals surface area contributed by atoms with E-state index in [-0.39, 0.29) is 24.8 Å². The number of halogens is 4. The van der Waals surface area contributed by atoms with Gasteiger partial charge in [-0.25, -0.2) is 0 Å². The maximum Gasteiger partial charge on any atom is 0.391 e. The summed E-state index contributed by atoms with van der Waals surface area (Å²) in [6, 6.07) is 0.0244. The number of amides is 1. The van der Waals surface area contributed by atoms with Crippen molar-refractivity contribution in [3.8, 4) is 0 Å². The van der Waals surface area contributed by atoms with Crippen molar-refractivity contribution in [3.05, 3.63) is 0 Å². The van der Waals surface area contributed by atoms with Gasteiger partial charge in [0.15, 0.2) is 0 Å². The lowest BCUT2D eigenvalue weighted by molar-refractivity contribution is -0.186. The Hall–Kier alpha value is -0.260. The van der Waals surface area contributed by atoms with Gasteiger partial charge in [-0.05, 0) is 39.0 Å². The zero-order valence-electron chi connectivity index (χ0n) is 11.1. The summed E-state index contributed by atoms with van der Waals surface area (Å²) in [4.78, 5) is 12.0. The van der Waals surface area contributed by atoms with Crippen molar-refractivity contribution < 1.29 is 18.0 Å². The smallest absolute Gasteiger partial charge is 0.353 e. The number of hydrogen-bond donors (Lipinski definition) is 1. The van der Waals surface area contributed by atoms with E-state index < -0.39 is 18.0 Å². The van der Waals surface area contributed by atoms with Crippen LogP contribution in [0.2, 0.25) is 0 Å². The summed E-state index contributed by atoms with van der Waals surface area (Å²) in [5.74, 6) is -2.00. The number of rotatable bonds is 5. The molecule has 3 unspecified atom stereocenters. The van der Waals surface area contributed by atoms with Gasteiger partial charge in [0.1, 0.15) is 0 Å².